The van der Waals surface area contributed by atoms with Crippen LogP contribution in [0, 0.1) is 6.92 Å². The lowest BCUT2D eigenvalue weighted by molar-refractivity contribution is 0.0525. The summed E-state index contributed by atoms with van der Waals surface area (Å²) in [5, 5.41) is 7.05. The van der Waals surface area contributed by atoms with Crippen LogP contribution in [0.1, 0.15) is 54.2 Å². The van der Waals surface area contributed by atoms with Gasteiger partial charge in [-0.25, -0.2) is 4.79 Å². The number of esters is 1. The molecule has 6 heteroatoms. The zero-order chi connectivity index (χ0) is 20.8. The van der Waals surface area contributed by atoms with Crippen LogP contribution in [0.15, 0.2) is 42.5 Å². The Bertz CT molecular complexity index is 861. The molecule has 2 aromatic carbocycles. The van der Waals surface area contributed by atoms with E-state index in [0.29, 0.717) is 17.3 Å². The van der Waals surface area contributed by atoms with Gasteiger partial charge in [0.2, 0.25) is 0 Å². The maximum absolute atomic E-state index is 12.1. The predicted molar refractivity (Wildman–Crippen MR) is 123 cm³/mol. The van der Waals surface area contributed by atoms with Crippen molar-refractivity contribution in [3.63, 3.8) is 0 Å². The zero-order valence-corrected chi connectivity index (χ0v) is 18.1. The van der Waals surface area contributed by atoms with Crippen molar-refractivity contribution in [3.8, 4) is 0 Å². The third-order valence-corrected chi connectivity index (χ3v) is 5.51. The minimum absolute atomic E-state index is 0.0659. The Labute approximate surface area is 178 Å². The first-order valence-corrected chi connectivity index (χ1v) is 10.6. The monoisotopic (exact) mass is 411 g/mol. The smallest absolute Gasteiger partial charge is 0.338 e. The summed E-state index contributed by atoms with van der Waals surface area (Å²) in [7, 11) is 0. The van der Waals surface area contributed by atoms with Crippen molar-refractivity contribution in [1.29, 1.82) is 0 Å². The fourth-order valence-electron chi connectivity index (χ4n) is 3.59. The van der Waals surface area contributed by atoms with Crippen LogP contribution in [0.5, 0.6) is 0 Å². The average molecular weight is 412 g/mol. The first-order valence-electron chi connectivity index (χ1n) is 10.2. The summed E-state index contributed by atoms with van der Waals surface area (Å²) in [5.74, 6) is -0.320. The largest absolute Gasteiger partial charge is 0.462 e. The second kappa shape index (κ2) is 9.74. The van der Waals surface area contributed by atoms with Crippen molar-refractivity contribution in [1.82, 2.24) is 5.32 Å². The summed E-state index contributed by atoms with van der Waals surface area (Å²) in [6.45, 7) is 8.41. The van der Waals surface area contributed by atoms with E-state index in [2.05, 4.69) is 46.7 Å². The fourth-order valence-corrected chi connectivity index (χ4v) is 3.88. The summed E-state index contributed by atoms with van der Waals surface area (Å²) in [6.07, 6.45) is 2.55. The van der Waals surface area contributed by atoms with Gasteiger partial charge in [-0.15, -0.1) is 0 Å². The van der Waals surface area contributed by atoms with Crippen LogP contribution in [0.4, 0.5) is 11.4 Å². The van der Waals surface area contributed by atoms with Crippen molar-refractivity contribution < 1.29 is 9.53 Å². The molecule has 2 N–H and O–H groups in total. The van der Waals surface area contributed by atoms with Gasteiger partial charge in [-0.1, -0.05) is 18.2 Å². The maximum Gasteiger partial charge on any atom is 0.338 e. The van der Waals surface area contributed by atoms with Crippen molar-refractivity contribution in [2.45, 2.75) is 39.7 Å². The van der Waals surface area contributed by atoms with E-state index >= 15 is 0 Å². The van der Waals surface area contributed by atoms with Gasteiger partial charge in [0.25, 0.3) is 0 Å². The molecule has 3 rings (SSSR count). The molecule has 1 saturated heterocycles. The van der Waals surface area contributed by atoms with Crippen molar-refractivity contribution in [2.24, 2.45) is 0 Å². The molecular formula is C23H29N3O2S. The number of benzene rings is 2. The normalized spacial score (nSPS) is 14.4. The van der Waals surface area contributed by atoms with Crippen molar-refractivity contribution >= 4 is 34.7 Å². The Morgan fingerprint density at radius 2 is 1.86 bits per heavy atom. The molecule has 1 fully saturated rings. The molecule has 1 aliphatic rings. The van der Waals surface area contributed by atoms with Gasteiger partial charge >= 0.3 is 5.97 Å². The predicted octanol–water partition coefficient (Wildman–Crippen LogP) is 4.82. The molecule has 2 aromatic rings. The molecule has 1 atom stereocenters. The van der Waals surface area contributed by atoms with Crippen LogP contribution in [0.2, 0.25) is 0 Å². The van der Waals surface area contributed by atoms with Gasteiger partial charge in [0.1, 0.15) is 0 Å². The molecular weight excluding hydrogens is 382 g/mol. The van der Waals surface area contributed by atoms with Gasteiger partial charge in [-0.2, -0.15) is 0 Å². The molecule has 29 heavy (non-hydrogen) atoms. The number of ether oxygens (including phenoxy) is 1. The van der Waals surface area contributed by atoms with Crippen LogP contribution in [0.25, 0.3) is 0 Å². The highest BCUT2D eigenvalue weighted by molar-refractivity contribution is 7.80. The first kappa shape index (κ1) is 21.1. The van der Waals surface area contributed by atoms with Crippen molar-refractivity contribution in [2.75, 3.05) is 29.9 Å². The topological polar surface area (TPSA) is 53.6 Å². The highest BCUT2D eigenvalue weighted by Crippen LogP contribution is 2.23. The molecule has 154 valence electrons. The van der Waals surface area contributed by atoms with Gasteiger partial charge in [0, 0.05) is 24.5 Å². The summed E-state index contributed by atoms with van der Waals surface area (Å²) in [4.78, 5) is 14.5. The van der Waals surface area contributed by atoms with Gasteiger partial charge in [-0.05, 0) is 81.2 Å². The van der Waals surface area contributed by atoms with Crippen LogP contribution in [0.3, 0.4) is 0 Å². The number of hydrogen-bond donors (Lipinski definition) is 2. The molecule has 0 saturated carbocycles. The lowest BCUT2D eigenvalue weighted by atomic mass is 10.1. The number of hydrogen-bond acceptors (Lipinski definition) is 4. The number of thiocarbonyl (C=S) groups is 1. The minimum atomic E-state index is -0.320. The molecule has 0 aromatic heterocycles. The van der Waals surface area contributed by atoms with E-state index in [0.717, 1.165) is 24.3 Å². The van der Waals surface area contributed by atoms with Gasteiger partial charge in [0.05, 0.1) is 18.2 Å². The van der Waals surface area contributed by atoms with Gasteiger partial charge in [0.15, 0.2) is 5.11 Å². The third kappa shape index (κ3) is 5.26. The van der Waals surface area contributed by atoms with Crippen molar-refractivity contribution in [3.05, 3.63) is 59.2 Å². The minimum Gasteiger partial charge on any atom is -0.462 e. The Morgan fingerprint density at radius 3 is 2.52 bits per heavy atom. The van der Waals surface area contributed by atoms with E-state index in [1.807, 2.05) is 19.1 Å². The number of carbonyl (C=O) groups excluding carboxylic acids is 1. The third-order valence-electron chi connectivity index (χ3n) is 5.29. The van der Waals surface area contributed by atoms with Crippen LogP contribution in [-0.4, -0.2) is 30.8 Å². The van der Waals surface area contributed by atoms with E-state index in [9.17, 15) is 4.79 Å². The number of rotatable bonds is 6. The highest BCUT2D eigenvalue weighted by atomic mass is 32.1. The van der Waals surface area contributed by atoms with Crippen LogP contribution in [-0.2, 0) is 4.74 Å². The number of nitrogens with zero attached hydrogens (tertiary/aromatic N) is 1. The SMILES string of the molecule is CCOC(=O)c1cccc(NC(=S)N[C@H](C)c2ccc(N3CCCC3)cc2)c1C. The van der Waals surface area contributed by atoms with Gasteiger partial charge < -0.3 is 20.3 Å². The molecule has 5 nitrogen and oxygen atoms in total. The molecule has 0 bridgehead atoms. The summed E-state index contributed by atoms with van der Waals surface area (Å²) in [5.41, 5.74) is 4.62. The van der Waals surface area contributed by atoms with Gasteiger partial charge in [-0.3, -0.25) is 0 Å². The standard InChI is InChI=1S/C23H29N3O2S/c1-4-28-22(27)20-8-7-9-21(16(20)2)25-23(29)24-17(3)18-10-12-19(13-11-18)26-14-5-6-15-26/h7-13,17H,4-6,14-15H2,1-3H3,(H2,24,25,29)/t17-/m1/s1. The Kier molecular flexibility index (Phi) is 7.09. The molecule has 0 amide bonds. The number of carbonyl (C=O) groups is 1. The Hall–Kier alpha value is -2.60. The number of nitrogens with one attached hydrogen (secondary N) is 2. The zero-order valence-electron chi connectivity index (χ0n) is 17.3. The lowest BCUT2D eigenvalue weighted by Crippen LogP contribution is -2.31. The molecule has 0 radical (unpaired) electrons. The quantitative estimate of drug-likeness (QED) is 0.525. The average Bonchev–Trinajstić information content (AvgIpc) is 3.24. The summed E-state index contributed by atoms with van der Waals surface area (Å²) < 4.78 is 5.12. The molecule has 0 aliphatic carbocycles. The lowest BCUT2D eigenvalue weighted by Gasteiger charge is -2.21. The van der Waals surface area contributed by atoms with E-state index < -0.39 is 0 Å². The second-order valence-corrected chi connectivity index (χ2v) is 7.71. The number of anilines is 2. The second-order valence-electron chi connectivity index (χ2n) is 7.30. The molecule has 1 aliphatic heterocycles. The van der Waals surface area contributed by atoms with E-state index in [-0.39, 0.29) is 12.0 Å². The van der Waals surface area contributed by atoms with E-state index in [4.69, 9.17) is 17.0 Å². The van der Waals surface area contributed by atoms with Crippen LogP contribution < -0.4 is 15.5 Å². The highest BCUT2D eigenvalue weighted by Gasteiger charge is 2.15. The molecule has 1 heterocycles. The molecule has 0 spiro atoms. The van der Waals surface area contributed by atoms with E-state index in [1.165, 1.54) is 24.1 Å². The summed E-state index contributed by atoms with van der Waals surface area (Å²) in [6, 6.07) is 14.2. The molecule has 0 unspecified atom stereocenters. The maximum atomic E-state index is 12.1. The van der Waals surface area contributed by atoms with Crippen LogP contribution >= 0.6 is 12.2 Å². The Morgan fingerprint density at radius 1 is 1.17 bits per heavy atom. The summed E-state index contributed by atoms with van der Waals surface area (Å²) >= 11 is 5.50. The Balaban J connectivity index is 1.61. The van der Waals surface area contributed by atoms with E-state index in [1.54, 1.807) is 13.0 Å². The fraction of sp³-hybridized carbons (Fsp3) is 0.391. The first-order chi connectivity index (χ1) is 14.0.